The van der Waals surface area contributed by atoms with Gasteiger partial charge in [0.15, 0.2) is 5.78 Å². The number of nitrogens with one attached hydrogen (secondary N) is 1. The van der Waals surface area contributed by atoms with E-state index in [0.717, 1.165) is 24.0 Å². The zero-order valence-electron chi connectivity index (χ0n) is 17.0. The number of benzene rings is 1. The molecule has 2 aromatic rings. The van der Waals surface area contributed by atoms with E-state index in [4.69, 9.17) is 4.74 Å². The molecule has 0 saturated heterocycles. The van der Waals surface area contributed by atoms with Crippen molar-refractivity contribution in [3.63, 3.8) is 0 Å². The van der Waals surface area contributed by atoms with Crippen molar-refractivity contribution in [3.05, 3.63) is 66.0 Å². The van der Waals surface area contributed by atoms with E-state index in [-0.39, 0.29) is 12.4 Å². The molecule has 0 radical (unpaired) electrons. The van der Waals surface area contributed by atoms with Crippen molar-refractivity contribution >= 4 is 11.9 Å². The number of carbonyl (C=O) groups is 2. The first-order chi connectivity index (χ1) is 13.4. The monoisotopic (exact) mass is 382 g/mol. The van der Waals surface area contributed by atoms with Crippen molar-refractivity contribution in [2.24, 2.45) is 5.92 Å². The SMILES string of the molecule is CC(C)CCCC(=O)[C@](C)(Cc1ccccc1)NC(=O)OCc1ccncc1. The second kappa shape index (κ2) is 10.6. The van der Waals surface area contributed by atoms with E-state index in [1.165, 1.54) is 0 Å². The molecule has 0 bridgehead atoms. The highest BCUT2D eigenvalue weighted by Gasteiger charge is 2.35. The third-order valence-electron chi connectivity index (χ3n) is 4.70. The number of hydrogen-bond donors (Lipinski definition) is 1. The molecule has 1 heterocycles. The summed E-state index contributed by atoms with van der Waals surface area (Å²) in [6, 6.07) is 13.3. The molecule has 0 unspecified atom stereocenters. The Morgan fingerprint density at radius 3 is 2.39 bits per heavy atom. The molecule has 5 nitrogen and oxygen atoms in total. The molecule has 0 aliphatic heterocycles. The van der Waals surface area contributed by atoms with Gasteiger partial charge in [0, 0.05) is 25.2 Å². The summed E-state index contributed by atoms with van der Waals surface area (Å²) >= 11 is 0. The Balaban J connectivity index is 2.03. The van der Waals surface area contributed by atoms with Crippen molar-refractivity contribution in [2.75, 3.05) is 0 Å². The lowest BCUT2D eigenvalue weighted by molar-refractivity contribution is -0.124. The predicted octanol–water partition coefficient (Wildman–Crippen LogP) is 4.70. The number of amides is 1. The summed E-state index contributed by atoms with van der Waals surface area (Å²) in [4.78, 5) is 29.3. The summed E-state index contributed by atoms with van der Waals surface area (Å²) in [5.41, 5.74) is 0.836. The van der Waals surface area contributed by atoms with Gasteiger partial charge in [0.2, 0.25) is 0 Å². The van der Waals surface area contributed by atoms with Crippen molar-refractivity contribution in [1.29, 1.82) is 0 Å². The average molecular weight is 383 g/mol. The molecule has 0 saturated carbocycles. The molecule has 0 fully saturated rings. The van der Waals surface area contributed by atoms with Crippen LogP contribution in [0.4, 0.5) is 4.79 Å². The van der Waals surface area contributed by atoms with E-state index in [2.05, 4.69) is 24.1 Å². The molecule has 0 aliphatic carbocycles. The zero-order valence-corrected chi connectivity index (χ0v) is 17.0. The van der Waals surface area contributed by atoms with Gasteiger partial charge in [-0.1, -0.05) is 50.6 Å². The fraction of sp³-hybridized carbons (Fsp3) is 0.435. The average Bonchev–Trinajstić information content (AvgIpc) is 2.67. The van der Waals surface area contributed by atoms with Crippen LogP contribution < -0.4 is 5.32 Å². The lowest BCUT2D eigenvalue weighted by Gasteiger charge is -2.29. The van der Waals surface area contributed by atoms with Crippen molar-refractivity contribution in [1.82, 2.24) is 10.3 Å². The summed E-state index contributed by atoms with van der Waals surface area (Å²) in [5.74, 6) is 0.573. The number of carbonyl (C=O) groups excluding carboxylic acids is 2. The number of nitrogens with zero attached hydrogens (tertiary/aromatic N) is 1. The molecular weight excluding hydrogens is 352 g/mol. The molecule has 0 spiro atoms. The summed E-state index contributed by atoms with van der Waals surface area (Å²) in [6.07, 6.45) is 5.37. The lowest BCUT2D eigenvalue weighted by Crippen LogP contribution is -2.54. The van der Waals surface area contributed by atoms with Crippen molar-refractivity contribution in [2.45, 2.75) is 58.6 Å². The van der Waals surface area contributed by atoms with Gasteiger partial charge in [0.05, 0.1) is 0 Å². The van der Waals surface area contributed by atoms with E-state index < -0.39 is 11.6 Å². The van der Waals surface area contributed by atoms with E-state index >= 15 is 0 Å². The van der Waals surface area contributed by atoms with Crippen LogP contribution in [-0.2, 0) is 22.6 Å². The summed E-state index contributed by atoms with van der Waals surface area (Å²) in [7, 11) is 0. The van der Waals surface area contributed by atoms with Gasteiger partial charge < -0.3 is 10.1 Å². The minimum atomic E-state index is -1.01. The molecule has 28 heavy (non-hydrogen) atoms. The van der Waals surface area contributed by atoms with Crippen molar-refractivity contribution < 1.29 is 14.3 Å². The third kappa shape index (κ3) is 7.14. The number of hydrogen-bond acceptors (Lipinski definition) is 4. The third-order valence-corrected chi connectivity index (χ3v) is 4.70. The molecule has 1 aromatic heterocycles. The molecule has 1 amide bonds. The molecule has 0 aliphatic rings. The molecule has 1 atom stereocenters. The second-order valence-corrected chi connectivity index (χ2v) is 7.76. The van der Waals surface area contributed by atoms with Crippen LogP contribution in [0.3, 0.4) is 0 Å². The van der Waals surface area contributed by atoms with Crippen LogP contribution in [0.5, 0.6) is 0 Å². The van der Waals surface area contributed by atoms with Crippen LogP contribution in [-0.4, -0.2) is 22.4 Å². The molecule has 150 valence electrons. The first kappa shape index (κ1) is 21.6. The fourth-order valence-corrected chi connectivity index (χ4v) is 3.05. The van der Waals surface area contributed by atoms with Gasteiger partial charge in [-0.25, -0.2) is 4.79 Å². The number of aromatic nitrogens is 1. The Morgan fingerprint density at radius 1 is 1.07 bits per heavy atom. The highest BCUT2D eigenvalue weighted by Crippen LogP contribution is 2.19. The standard InChI is InChI=1S/C23H30N2O3/c1-18(2)8-7-11-21(26)23(3,16-19-9-5-4-6-10-19)25-22(27)28-17-20-12-14-24-15-13-20/h4-6,9-10,12-15,18H,7-8,11,16-17H2,1-3H3,(H,25,27)/t23-/m0/s1. The normalized spacial score (nSPS) is 13.0. The predicted molar refractivity (Wildman–Crippen MR) is 110 cm³/mol. The number of rotatable bonds is 10. The summed E-state index contributed by atoms with van der Waals surface area (Å²) < 4.78 is 5.32. The van der Waals surface area contributed by atoms with Gasteiger partial charge in [-0.15, -0.1) is 0 Å². The van der Waals surface area contributed by atoms with Gasteiger partial charge in [-0.05, 0) is 42.5 Å². The Labute approximate surface area is 167 Å². The molecule has 1 aromatic carbocycles. The van der Waals surface area contributed by atoms with E-state index in [1.807, 2.05) is 30.3 Å². The number of Topliss-reactive ketones (excluding diaryl/α,β-unsaturated/α-hetero) is 1. The highest BCUT2D eigenvalue weighted by atomic mass is 16.5. The maximum absolute atomic E-state index is 13.0. The van der Waals surface area contributed by atoms with Crippen LogP contribution in [0.1, 0.15) is 51.2 Å². The number of pyridine rings is 1. The Bertz CT molecular complexity index is 747. The quantitative estimate of drug-likeness (QED) is 0.646. The molecule has 5 heteroatoms. The van der Waals surface area contributed by atoms with Gasteiger partial charge in [-0.2, -0.15) is 0 Å². The number of alkyl carbamates (subject to hydrolysis) is 1. The van der Waals surface area contributed by atoms with Crippen LogP contribution in [0.15, 0.2) is 54.9 Å². The maximum Gasteiger partial charge on any atom is 0.408 e. The van der Waals surface area contributed by atoms with Crippen LogP contribution >= 0.6 is 0 Å². The Kier molecular flexibility index (Phi) is 8.18. The maximum atomic E-state index is 13.0. The van der Waals surface area contributed by atoms with Gasteiger partial charge in [0.1, 0.15) is 12.1 Å². The van der Waals surface area contributed by atoms with E-state index in [0.29, 0.717) is 18.8 Å². The highest BCUT2D eigenvalue weighted by molar-refractivity contribution is 5.91. The number of ketones is 1. The minimum absolute atomic E-state index is 0.0258. The smallest absolute Gasteiger partial charge is 0.408 e. The van der Waals surface area contributed by atoms with Crippen LogP contribution in [0.25, 0.3) is 0 Å². The molecule has 2 rings (SSSR count). The van der Waals surface area contributed by atoms with Crippen LogP contribution in [0.2, 0.25) is 0 Å². The summed E-state index contributed by atoms with van der Waals surface area (Å²) in [5, 5.41) is 2.82. The number of ether oxygens (including phenoxy) is 1. The molecular formula is C23H30N2O3. The lowest BCUT2D eigenvalue weighted by atomic mass is 9.85. The largest absolute Gasteiger partial charge is 0.445 e. The topological polar surface area (TPSA) is 68.3 Å². The fourth-order valence-electron chi connectivity index (χ4n) is 3.05. The Hall–Kier alpha value is -2.69. The Morgan fingerprint density at radius 2 is 1.75 bits per heavy atom. The minimum Gasteiger partial charge on any atom is -0.445 e. The first-order valence-electron chi connectivity index (χ1n) is 9.80. The summed E-state index contributed by atoms with van der Waals surface area (Å²) in [6.45, 7) is 6.20. The zero-order chi connectivity index (χ0) is 20.4. The van der Waals surface area contributed by atoms with Gasteiger partial charge in [0.25, 0.3) is 0 Å². The van der Waals surface area contributed by atoms with Gasteiger partial charge in [-0.3, -0.25) is 9.78 Å². The van der Waals surface area contributed by atoms with Gasteiger partial charge >= 0.3 is 6.09 Å². The molecule has 1 N–H and O–H groups in total. The van der Waals surface area contributed by atoms with Crippen LogP contribution in [0, 0.1) is 5.92 Å². The van der Waals surface area contributed by atoms with E-state index in [1.54, 1.807) is 31.5 Å². The first-order valence-corrected chi connectivity index (χ1v) is 9.80. The second-order valence-electron chi connectivity index (χ2n) is 7.76. The van der Waals surface area contributed by atoms with E-state index in [9.17, 15) is 9.59 Å². The van der Waals surface area contributed by atoms with Crippen molar-refractivity contribution in [3.8, 4) is 0 Å².